The molecule has 19 heteroatoms. The summed E-state index contributed by atoms with van der Waals surface area (Å²) in [6.07, 6.45) is 3.26. The van der Waals surface area contributed by atoms with Crippen LogP contribution >= 0.6 is 11.6 Å². The lowest BCUT2D eigenvalue weighted by Gasteiger charge is -2.37. The molecule has 3 N–H and O–H groups in total. The number of anilines is 2. The lowest BCUT2D eigenvalue weighted by Crippen LogP contribution is -2.49. The summed E-state index contributed by atoms with van der Waals surface area (Å²) < 4.78 is 47.1. The standard InChI is InChI=1S/C52H62ClF3N8O7/c1-30(37-23-38(50(68)69)25-39(24-37)52(54,55)56)57-47-41-27-40(45(71-4)28-43(41)58-31(2)59-47)34-5-7-35(8-6-34)48(66)62-18-12-32(13-19-62)11-17-61(3)29-33-14-20-63(21-15-33)49(67)36-9-10-42(53)44(26-36)64-22-16-46(65)60-51(64)70/h9-10,23-28,30,32-35H,5-8,11-22,29H2,1-4H3,(H,68,69)(H,57,58,59)(H,60,65,70)/t30-,34?,35?/m1/s1. The van der Waals surface area contributed by atoms with E-state index >= 15 is 0 Å². The summed E-state index contributed by atoms with van der Waals surface area (Å²) in [7, 11) is 3.77. The second-order valence-corrected chi connectivity index (χ2v) is 20.2. The molecule has 0 bridgehead atoms. The van der Waals surface area contributed by atoms with Gasteiger partial charge in [-0.25, -0.2) is 19.6 Å². The van der Waals surface area contributed by atoms with Gasteiger partial charge in [-0.1, -0.05) is 11.6 Å². The first-order chi connectivity index (χ1) is 33.8. The molecule has 8 rings (SSSR count). The Balaban J connectivity index is 0.790. The van der Waals surface area contributed by atoms with E-state index in [2.05, 4.69) is 37.4 Å². The number of ether oxygens (including phenoxy) is 1. The molecule has 4 aromatic rings. The first-order valence-corrected chi connectivity index (χ1v) is 25.0. The van der Waals surface area contributed by atoms with Crippen LogP contribution in [0.1, 0.15) is 126 Å². The van der Waals surface area contributed by atoms with Gasteiger partial charge >= 0.3 is 18.2 Å². The number of amides is 5. The number of methoxy groups -OCH3 is 1. The Hall–Kier alpha value is -6.01. The number of imide groups is 1. The number of fused-ring (bicyclic) bond motifs is 1. The van der Waals surface area contributed by atoms with Crippen molar-refractivity contribution in [3.8, 4) is 5.75 Å². The smallest absolute Gasteiger partial charge is 0.416 e. The molecule has 1 atom stereocenters. The van der Waals surface area contributed by atoms with Crippen LogP contribution in [0.15, 0.2) is 48.5 Å². The van der Waals surface area contributed by atoms with E-state index in [0.717, 1.165) is 95.6 Å². The molecule has 0 spiro atoms. The maximum absolute atomic E-state index is 13.9. The molecule has 3 aromatic carbocycles. The lowest BCUT2D eigenvalue weighted by atomic mass is 9.77. The second kappa shape index (κ2) is 21.8. The number of halogens is 4. The Morgan fingerprint density at radius 3 is 2.25 bits per heavy atom. The van der Waals surface area contributed by atoms with E-state index in [-0.39, 0.29) is 48.1 Å². The molecule has 380 valence electrons. The normalized spacial score (nSPS) is 20.0. The molecule has 0 unspecified atom stereocenters. The third-order valence-corrected chi connectivity index (χ3v) is 15.2. The number of likely N-dealkylation sites (tertiary alicyclic amines) is 2. The first kappa shape index (κ1) is 51.3. The van der Waals surface area contributed by atoms with Crippen molar-refractivity contribution < 1.29 is 47.0 Å². The summed E-state index contributed by atoms with van der Waals surface area (Å²) in [4.78, 5) is 80.2. The number of nitrogens with zero attached hydrogens (tertiary/aromatic N) is 6. The second-order valence-electron chi connectivity index (χ2n) is 19.8. The summed E-state index contributed by atoms with van der Waals surface area (Å²) in [5.74, 6) is 0.883. The number of piperidine rings is 2. The molecule has 3 saturated heterocycles. The fourth-order valence-electron chi connectivity index (χ4n) is 10.8. The van der Waals surface area contributed by atoms with Gasteiger partial charge in [-0.3, -0.25) is 24.6 Å². The minimum absolute atomic E-state index is 0.0613. The van der Waals surface area contributed by atoms with Gasteiger partial charge in [0.1, 0.15) is 17.4 Å². The SMILES string of the molecule is COc1cc2nc(C)nc(N[C@H](C)c3cc(C(=O)O)cc(C(F)(F)F)c3)c2cc1C1CCC(C(=O)N2CCC(CCN(C)CC3CCN(C(=O)c4ccc(Cl)c(N5CCC(=O)NC5=O)c4)CC3)CC2)CC1. The van der Waals surface area contributed by atoms with E-state index in [1.807, 2.05) is 17.0 Å². The van der Waals surface area contributed by atoms with E-state index in [0.29, 0.717) is 75.6 Å². The van der Waals surface area contributed by atoms with Gasteiger partial charge in [0.05, 0.1) is 40.5 Å². The fourth-order valence-corrected chi connectivity index (χ4v) is 11.0. The van der Waals surface area contributed by atoms with Crippen molar-refractivity contribution in [2.75, 3.05) is 70.2 Å². The van der Waals surface area contributed by atoms with Gasteiger partial charge in [0.2, 0.25) is 11.8 Å². The van der Waals surface area contributed by atoms with E-state index in [1.54, 1.807) is 39.2 Å². The third kappa shape index (κ3) is 12.0. The molecule has 1 aliphatic carbocycles. The molecular weight excluding hydrogens is 941 g/mol. The van der Waals surface area contributed by atoms with Crippen molar-refractivity contribution in [3.63, 3.8) is 0 Å². The summed E-state index contributed by atoms with van der Waals surface area (Å²) in [5, 5.41) is 16.1. The number of hydrogen-bond donors (Lipinski definition) is 3. The van der Waals surface area contributed by atoms with Crippen molar-refractivity contribution in [1.82, 2.24) is 30.0 Å². The van der Waals surface area contributed by atoms with Gasteiger partial charge in [0, 0.05) is 68.6 Å². The maximum Gasteiger partial charge on any atom is 0.416 e. The third-order valence-electron chi connectivity index (χ3n) is 14.9. The Morgan fingerprint density at radius 1 is 0.901 bits per heavy atom. The summed E-state index contributed by atoms with van der Waals surface area (Å²) in [5.41, 5.74) is 1.05. The van der Waals surface area contributed by atoms with Crippen LogP contribution in [0.4, 0.5) is 29.5 Å². The summed E-state index contributed by atoms with van der Waals surface area (Å²) >= 11 is 6.41. The zero-order chi connectivity index (χ0) is 50.7. The molecule has 4 aliphatic rings. The Kier molecular flexibility index (Phi) is 15.7. The number of carboxylic acids is 1. The molecular formula is C52H62ClF3N8O7. The number of aromatic nitrogens is 2. The van der Waals surface area contributed by atoms with Gasteiger partial charge in [0.15, 0.2) is 0 Å². The van der Waals surface area contributed by atoms with Crippen LogP contribution in [-0.4, -0.2) is 119 Å². The van der Waals surface area contributed by atoms with E-state index in [9.17, 15) is 42.3 Å². The monoisotopic (exact) mass is 1000 g/mol. The van der Waals surface area contributed by atoms with Gasteiger partial charge in [0.25, 0.3) is 5.91 Å². The predicted molar refractivity (Wildman–Crippen MR) is 263 cm³/mol. The van der Waals surface area contributed by atoms with E-state index in [4.69, 9.17) is 16.3 Å². The number of hydrogen-bond acceptors (Lipinski definition) is 10. The van der Waals surface area contributed by atoms with Gasteiger partial charge in [-0.15, -0.1) is 0 Å². The molecule has 4 heterocycles. The molecule has 4 fully saturated rings. The number of carbonyl (C=O) groups excluding carboxylic acids is 4. The van der Waals surface area contributed by atoms with Crippen LogP contribution in [0, 0.1) is 24.7 Å². The highest BCUT2D eigenvalue weighted by Crippen LogP contribution is 2.43. The number of rotatable bonds is 14. The molecule has 15 nitrogen and oxygen atoms in total. The van der Waals surface area contributed by atoms with E-state index in [1.165, 1.54) is 11.0 Å². The summed E-state index contributed by atoms with van der Waals surface area (Å²) in [6, 6.07) is 10.3. The number of alkyl halides is 3. The topological polar surface area (TPSA) is 178 Å². The molecule has 1 saturated carbocycles. The minimum Gasteiger partial charge on any atom is -0.496 e. The molecule has 71 heavy (non-hydrogen) atoms. The van der Waals surface area contributed by atoms with Crippen LogP contribution in [0.3, 0.4) is 0 Å². The highest BCUT2D eigenvalue weighted by Gasteiger charge is 2.35. The number of nitrogens with one attached hydrogen (secondary N) is 2. The minimum atomic E-state index is -4.73. The fraction of sp³-hybridized carbons (Fsp3) is 0.519. The van der Waals surface area contributed by atoms with Crippen molar-refractivity contribution in [1.29, 1.82) is 0 Å². The zero-order valence-corrected chi connectivity index (χ0v) is 41.4. The predicted octanol–water partition coefficient (Wildman–Crippen LogP) is 9.32. The highest BCUT2D eigenvalue weighted by molar-refractivity contribution is 6.34. The van der Waals surface area contributed by atoms with Crippen molar-refractivity contribution in [3.05, 3.63) is 87.2 Å². The van der Waals surface area contributed by atoms with Crippen LogP contribution in [0.2, 0.25) is 5.02 Å². The zero-order valence-electron chi connectivity index (χ0n) is 40.6. The van der Waals surface area contributed by atoms with Crippen molar-refractivity contribution in [2.45, 2.75) is 96.2 Å². The quantitative estimate of drug-likeness (QED) is 0.110. The number of aryl methyl sites for hydroxylation is 1. The Labute approximate surface area is 416 Å². The molecule has 3 aliphatic heterocycles. The van der Waals surface area contributed by atoms with Gasteiger partial charge < -0.3 is 29.9 Å². The van der Waals surface area contributed by atoms with Crippen LogP contribution in [0.25, 0.3) is 10.9 Å². The van der Waals surface area contributed by atoms with Gasteiger partial charge in [-0.2, -0.15) is 13.2 Å². The molecule has 0 radical (unpaired) electrons. The number of benzene rings is 3. The van der Waals surface area contributed by atoms with Crippen LogP contribution in [-0.2, 0) is 15.8 Å². The summed E-state index contributed by atoms with van der Waals surface area (Å²) in [6.45, 7) is 8.29. The molecule has 5 amide bonds. The number of aromatic carboxylic acids is 1. The largest absolute Gasteiger partial charge is 0.496 e. The maximum atomic E-state index is 13.9. The Morgan fingerprint density at radius 2 is 1.59 bits per heavy atom. The van der Waals surface area contributed by atoms with Crippen molar-refractivity contribution >= 4 is 63.7 Å². The van der Waals surface area contributed by atoms with Crippen molar-refractivity contribution in [2.24, 2.45) is 17.8 Å². The number of carbonyl (C=O) groups is 5. The van der Waals surface area contributed by atoms with Crippen LogP contribution in [0.5, 0.6) is 5.75 Å². The molecule has 1 aromatic heterocycles. The number of carboxylic acid groups (broad SMARTS) is 1. The number of urea groups is 1. The average Bonchev–Trinajstić information content (AvgIpc) is 3.35. The lowest BCUT2D eigenvalue weighted by molar-refractivity contribution is -0.138. The van der Waals surface area contributed by atoms with E-state index < -0.39 is 35.3 Å². The van der Waals surface area contributed by atoms with Gasteiger partial charge in [-0.05, 0) is 157 Å². The Bertz CT molecular complexity index is 2660. The first-order valence-electron chi connectivity index (χ1n) is 24.6. The highest BCUT2D eigenvalue weighted by atomic mass is 35.5. The van der Waals surface area contributed by atoms with Crippen LogP contribution < -0.4 is 20.3 Å². The average molecular weight is 1000 g/mol.